The number of halogens is 2. The number of benzene rings is 3. The van der Waals surface area contributed by atoms with Crippen molar-refractivity contribution in [3.63, 3.8) is 0 Å². The summed E-state index contributed by atoms with van der Waals surface area (Å²) in [5, 5.41) is 2.64. The van der Waals surface area contributed by atoms with Crippen LogP contribution in [0.1, 0.15) is 49.4 Å². The van der Waals surface area contributed by atoms with Crippen LogP contribution in [-0.4, -0.2) is 3.21 Å². The van der Waals surface area contributed by atoms with Crippen LogP contribution < -0.4 is 35.3 Å². The molecule has 0 aliphatic heterocycles. The Morgan fingerprint density at radius 2 is 1.44 bits per heavy atom. The van der Waals surface area contributed by atoms with Crippen molar-refractivity contribution in [2.75, 3.05) is 0 Å². The first-order valence-electron chi connectivity index (χ1n) is 13.0. The molecule has 0 saturated carbocycles. The standard InChI is InChI=1S/C23H23.C13H10.2ClH.Zr/c1-14-10-15(2)21-18(11-14)13-20-19(21)12-16(3)23(4,5)22(20)17-8-6-7-9-17;1-3-7-12(8-4-1)11-13-9-5-2-6-10-13;;;/h6-8,10-12H,9H2,1-5H3;1-10H;2*1H;/q-1;;;;+2/p-2. The fourth-order valence-electron chi connectivity index (χ4n) is 5.57. The quantitative estimate of drug-likeness (QED) is 0.382. The van der Waals surface area contributed by atoms with Gasteiger partial charge in [-0.2, -0.15) is 0 Å². The van der Waals surface area contributed by atoms with Crippen LogP contribution in [0.15, 0.2) is 119 Å². The van der Waals surface area contributed by atoms with Crippen molar-refractivity contribution in [2.45, 2.75) is 41.0 Å². The number of hydrogen-bond donors (Lipinski definition) is 0. The van der Waals surface area contributed by atoms with Crippen LogP contribution in [0, 0.1) is 19.3 Å². The monoisotopic (exact) mass is 625 g/mol. The molecular weight excluding hydrogens is 595 g/mol. The van der Waals surface area contributed by atoms with E-state index in [2.05, 4.69) is 138 Å². The number of aryl methyl sites for hydroxylation is 2. The molecule has 3 aliphatic rings. The first-order chi connectivity index (χ1) is 17.8. The molecule has 3 heteroatoms. The second-order valence-electron chi connectivity index (χ2n) is 10.7. The Morgan fingerprint density at radius 3 is 1.97 bits per heavy atom. The summed E-state index contributed by atoms with van der Waals surface area (Å²) in [7, 11) is 0. The summed E-state index contributed by atoms with van der Waals surface area (Å²) in [4.78, 5) is 0. The molecule has 0 spiro atoms. The van der Waals surface area contributed by atoms with Gasteiger partial charge in [0, 0.05) is 0 Å². The van der Waals surface area contributed by atoms with Crippen LogP contribution in [0.5, 0.6) is 0 Å². The van der Waals surface area contributed by atoms with E-state index in [1.54, 1.807) is 0 Å². The summed E-state index contributed by atoms with van der Waals surface area (Å²) in [5.41, 5.74) is 12.4. The van der Waals surface area contributed by atoms with Gasteiger partial charge in [0.15, 0.2) is 0 Å². The molecule has 0 atom stereocenters. The fraction of sp³-hybridized carbons (Fsp3) is 0.194. The van der Waals surface area contributed by atoms with Gasteiger partial charge < -0.3 is 24.8 Å². The number of fused-ring (bicyclic) bond motifs is 2. The molecule has 0 N–H and O–H groups in total. The molecular formula is C36H33Cl2Zr-. The predicted octanol–water partition coefficient (Wildman–Crippen LogP) is 1.10. The minimum absolute atomic E-state index is 0. The predicted molar refractivity (Wildman–Crippen MR) is 154 cm³/mol. The molecule has 6 rings (SSSR count). The molecule has 39 heavy (non-hydrogen) atoms. The topological polar surface area (TPSA) is 0 Å². The Kier molecular flexibility index (Phi) is 10.3. The molecule has 0 aromatic heterocycles. The molecule has 0 bridgehead atoms. The summed E-state index contributed by atoms with van der Waals surface area (Å²) in [6.45, 7) is 11.4. The molecule has 0 amide bonds. The average Bonchev–Trinajstić information content (AvgIpc) is 3.53. The van der Waals surface area contributed by atoms with Crippen LogP contribution in [0.3, 0.4) is 0 Å². The van der Waals surface area contributed by atoms with Crippen LogP contribution >= 0.6 is 0 Å². The zero-order valence-corrected chi connectivity index (χ0v) is 27.2. The van der Waals surface area contributed by atoms with Crippen LogP contribution in [0.2, 0.25) is 0 Å². The summed E-state index contributed by atoms with van der Waals surface area (Å²) in [6, 6.07) is 25.7. The van der Waals surface area contributed by atoms with Crippen molar-refractivity contribution >= 4 is 14.9 Å². The van der Waals surface area contributed by atoms with Gasteiger partial charge in [0.2, 0.25) is 0 Å². The number of hydrogen-bond acceptors (Lipinski definition) is 0. The van der Waals surface area contributed by atoms with E-state index < -0.39 is 0 Å². The molecule has 0 heterocycles. The zero-order chi connectivity index (χ0) is 26.2. The first-order valence-corrected chi connectivity index (χ1v) is 14.2. The van der Waals surface area contributed by atoms with Crippen LogP contribution in [0.25, 0.3) is 11.6 Å². The van der Waals surface area contributed by atoms with Crippen molar-refractivity contribution < 1.29 is 49.0 Å². The molecule has 0 fully saturated rings. The van der Waals surface area contributed by atoms with Gasteiger partial charge in [0.1, 0.15) is 0 Å². The summed E-state index contributed by atoms with van der Waals surface area (Å²) >= 11 is 1.46. The van der Waals surface area contributed by atoms with E-state index >= 15 is 0 Å². The molecule has 196 valence electrons. The molecule has 0 radical (unpaired) electrons. The van der Waals surface area contributed by atoms with E-state index in [-0.39, 0.29) is 30.2 Å². The molecule has 0 nitrogen and oxygen atoms in total. The third kappa shape index (κ3) is 6.22. The van der Waals surface area contributed by atoms with Gasteiger partial charge in [-0.3, -0.25) is 0 Å². The SMILES string of the molecule is CC1=CC2=c3c(C)cc(C)cc3=[C-]C2=C(C2=CC=CC2)C1(C)C.[Cl-].[Cl-].[Zr+2]=[C](c1ccccc1)c1ccccc1. The summed E-state index contributed by atoms with van der Waals surface area (Å²) < 4.78 is 1.42. The molecule has 0 saturated heterocycles. The number of allylic oxidation sites excluding steroid dienone is 8. The van der Waals surface area contributed by atoms with E-state index in [4.69, 9.17) is 0 Å². The summed E-state index contributed by atoms with van der Waals surface area (Å²) in [5.74, 6) is 0. The van der Waals surface area contributed by atoms with E-state index in [9.17, 15) is 0 Å². The maximum atomic E-state index is 3.75. The van der Waals surface area contributed by atoms with E-state index in [1.807, 2.05) is 0 Å². The van der Waals surface area contributed by atoms with Crippen LogP contribution in [-0.2, 0) is 24.2 Å². The average molecular weight is 628 g/mol. The van der Waals surface area contributed by atoms with Crippen LogP contribution in [0.4, 0.5) is 0 Å². The molecule has 3 aromatic rings. The van der Waals surface area contributed by atoms with Gasteiger partial charge in [-0.15, -0.1) is 33.7 Å². The third-order valence-electron chi connectivity index (χ3n) is 7.72. The van der Waals surface area contributed by atoms with Crippen molar-refractivity contribution in [2.24, 2.45) is 5.41 Å². The Morgan fingerprint density at radius 1 is 0.846 bits per heavy atom. The van der Waals surface area contributed by atoms with Crippen molar-refractivity contribution in [3.05, 3.63) is 152 Å². The Bertz CT molecular complexity index is 1590. The van der Waals surface area contributed by atoms with Gasteiger partial charge in [-0.25, -0.2) is 0 Å². The van der Waals surface area contributed by atoms with E-state index in [0.717, 1.165) is 6.42 Å². The van der Waals surface area contributed by atoms with Gasteiger partial charge in [0.25, 0.3) is 0 Å². The van der Waals surface area contributed by atoms with Gasteiger partial charge in [0.05, 0.1) is 0 Å². The van der Waals surface area contributed by atoms with Crippen molar-refractivity contribution in [3.8, 4) is 0 Å². The van der Waals surface area contributed by atoms with Gasteiger partial charge in [-0.1, -0.05) is 72.1 Å². The van der Waals surface area contributed by atoms with E-state index in [0.29, 0.717) is 0 Å². The van der Waals surface area contributed by atoms with Crippen molar-refractivity contribution in [1.82, 2.24) is 0 Å². The number of rotatable bonds is 3. The van der Waals surface area contributed by atoms with Gasteiger partial charge in [-0.05, 0) is 32.6 Å². The molecule has 3 aliphatic carbocycles. The third-order valence-corrected chi connectivity index (χ3v) is 9.14. The zero-order valence-electron chi connectivity index (χ0n) is 23.2. The fourth-order valence-corrected chi connectivity index (χ4v) is 6.39. The second-order valence-corrected chi connectivity index (χ2v) is 11.9. The summed E-state index contributed by atoms with van der Waals surface area (Å²) in [6.07, 6.45) is 13.9. The van der Waals surface area contributed by atoms with Crippen molar-refractivity contribution in [1.29, 1.82) is 0 Å². The minimum atomic E-state index is 0. The Balaban J connectivity index is 0.000000228. The molecule has 3 aromatic carbocycles. The first kappa shape index (κ1) is 31.2. The Labute approximate surface area is 260 Å². The van der Waals surface area contributed by atoms with Gasteiger partial charge >= 0.3 is 99.2 Å². The normalized spacial score (nSPS) is 15.9. The maximum absolute atomic E-state index is 3.75. The second kappa shape index (κ2) is 12.9. The van der Waals surface area contributed by atoms with E-state index in [1.165, 1.54) is 88.0 Å². The Hall–Kier alpha value is -2.31. The molecule has 0 unspecified atom stereocenters.